The summed E-state index contributed by atoms with van der Waals surface area (Å²) in [5, 5.41) is 3.50. The Morgan fingerprint density at radius 2 is 2.29 bits per heavy atom. The van der Waals surface area contributed by atoms with Gasteiger partial charge in [0.2, 0.25) is 0 Å². The molecule has 5 heteroatoms. The number of rotatable bonds is 5. The molecular weight excluding hydrogens is 352 g/mol. The molecule has 0 saturated heterocycles. The van der Waals surface area contributed by atoms with Crippen LogP contribution in [0.25, 0.3) is 0 Å². The van der Waals surface area contributed by atoms with E-state index in [9.17, 15) is 4.79 Å². The van der Waals surface area contributed by atoms with E-state index in [1.807, 2.05) is 13.0 Å². The molecule has 1 unspecified atom stereocenters. The van der Waals surface area contributed by atoms with Crippen LogP contribution in [0, 0.1) is 3.57 Å². The zero-order valence-electron chi connectivity index (χ0n) is 9.80. The van der Waals surface area contributed by atoms with Gasteiger partial charge in [-0.2, -0.15) is 0 Å². The second kappa shape index (κ2) is 7.18. The second-order valence-corrected chi connectivity index (χ2v) is 5.35. The van der Waals surface area contributed by atoms with Gasteiger partial charge in [-0.05, 0) is 54.1 Å². The van der Waals surface area contributed by atoms with Crippen molar-refractivity contribution in [2.75, 3.05) is 13.7 Å². The molecule has 1 aromatic carbocycles. The van der Waals surface area contributed by atoms with E-state index in [0.717, 1.165) is 9.99 Å². The number of hydrogen-bond acceptors (Lipinski definition) is 2. The largest absolute Gasteiger partial charge is 0.385 e. The first-order valence-electron chi connectivity index (χ1n) is 5.29. The van der Waals surface area contributed by atoms with Crippen molar-refractivity contribution < 1.29 is 9.53 Å². The summed E-state index contributed by atoms with van der Waals surface area (Å²) in [7, 11) is 1.65. The maximum atomic E-state index is 11.9. The van der Waals surface area contributed by atoms with Gasteiger partial charge in [0.25, 0.3) is 5.91 Å². The van der Waals surface area contributed by atoms with Gasteiger partial charge < -0.3 is 10.1 Å². The average molecular weight is 368 g/mol. The molecule has 1 aromatic rings. The standard InChI is InChI=1S/C12H15ClINO2/c1-8(5-6-17-2)15-12(16)9-3-4-11(14)10(13)7-9/h3-4,7-8H,5-6H2,1-2H3,(H,15,16). The van der Waals surface area contributed by atoms with Gasteiger partial charge in [-0.3, -0.25) is 4.79 Å². The quantitative estimate of drug-likeness (QED) is 0.812. The zero-order valence-corrected chi connectivity index (χ0v) is 12.7. The summed E-state index contributed by atoms with van der Waals surface area (Å²) in [6.07, 6.45) is 0.792. The molecule has 0 saturated carbocycles. The molecule has 1 N–H and O–H groups in total. The van der Waals surface area contributed by atoms with Crippen molar-refractivity contribution >= 4 is 40.1 Å². The lowest BCUT2D eigenvalue weighted by Gasteiger charge is -2.13. The van der Waals surface area contributed by atoms with E-state index >= 15 is 0 Å². The predicted octanol–water partition coefficient (Wildman–Crippen LogP) is 3.10. The molecule has 0 aliphatic rings. The van der Waals surface area contributed by atoms with Gasteiger partial charge >= 0.3 is 0 Å². The van der Waals surface area contributed by atoms with E-state index in [2.05, 4.69) is 27.9 Å². The smallest absolute Gasteiger partial charge is 0.251 e. The fraction of sp³-hybridized carbons (Fsp3) is 0.417. The third kappa shape index (κ3) is 4.81. The summed E-state index contributed by atoms with van der Waals surface area (Å²) < 4.78 is 5.90. The molecule has 0 aliphatic carbocycles. The van der Waals surface area contributed by atoms with Crippen molar-refractivity contribution in [3.05, 3.63) is 32.4 Å². The number of nitrogens with one attached hydrogen (secondary N) is 1. The molecular formula is C12H15ClINO2. The molecule has 1 atom stereocenters. The molecule has 17 heavy (non-hydrogen) atoms. The van der Waals surface area contributed by atoms with Crippen molar-refractivity contribution in [1.29, 1.82) is 0 Å². The highest BCUT2D eigenvalue weighted by Crippen LogP contribution is 2.19. The SMILES string of the molecule is COCCC(C)NC(=O)c1ccc(I)c(Cl)c1. The van der Waals surface area contributed by atoms with Gasteiger partial charge in [-0.15, -0.1) is 0 Å². The van der Waals surface area contributed by atoms with Crippen molar-refractivity contribution in [2.24, 2.45) is 0 Å². The molecule has 0 aliphatic heterocycles. The number of hydrogen-bond donors (Lipinski definition) is 1. The Bertz CT molecular complexity index is 398. The van der Waals surface area contributed by atoms with Crippen LogP contribution in [0.2, 0.25) is 5.02 Å². The Morgan fingerprint density at radius 1 is 1.59 bits per heavy atom. The van der Waals surface area contributed by atoms with Gasteiger partial charge in [-0.25, -0.2) is 0 Å². The first kappa shape index (κ1) is 14.7. The second-order valence-electron chi connectivity index (χ2n) is 3.78. The number of ether oxygens (including phenoxy) is 1. The topological polar surface area (TPSA) is 38.3 Å². The summed E-state index contributed by atoms with van der Waals surface area (Å²) in [5.74, 6) is -0.105. The summed E-state index contributed by atoms with van der Waals surface area (Å²) in [4.78, 5) is 11.9. The van der Waals surface area contributed by atoms with Crippen molar-refractivity contribution in [1.82, 2.24) is 5.32 Å². The van der Waals surface area contributed by atoms with Crippen LogP contribution in [0.5, 0.6) is 0 Å². The van der Waals surface area contributed by atoms with Crippen molar-refractivity contribution in [3.63, 3.8) is 0 Å². The Kier molecular flexibility index (Phi) is 6.22. The van der Waals surface area contributed by atoms with Gasteiger partial charge in [0.05, 0.1) is 5.02 Å². The summed E-state index contributed by atoms with van der Waals surface area (Å²) >= 11 is 8.10. The lowest BCUT2D eigenvalue weighted by atomic mass is 10.2. The molecule has 3 nitrogen and oxygen atoms in total. The van der Waals surface area contributed by atoms with Crippen LogP contribution in [0.3, 0.4) is 0 Å². The summed E-state index contributed by atoms with van der Waals surface area (Å²) in [6.45, 7) is 2.58. The fourth-order valence-electron chi connectivity index (χ4n) is 1.31. The first-order valence-corrected chi connectivity index (χ1v) is 6.75. The lowest BCUT2D eigenvalue weighted by molar-refractivity contribution is 0.0929. The predicted molar refractivity (Wildman–Crippen MR) is 77.6 cm³/mol. The van der Waals surface area contributed by atoms with Gasteiger partial charge in [0.1, 0.15) is 0 Å². The molecule has 0 aromatic heterocycles. The van der Waals surface area contributed by atoms with Crippen molar-refractivity contribution in [3.8, 4) is 0 Å². The minimum absolute atomic E-state index is 0.0838. The van der Waals surface area contributed by atoms with Crippen LogP contribution < -0.4 is 5.32 Å². The van der Waals surface area contributed by atoms with Gasteiger partial charge in [-0.1, -0.05) is 11.6 Å². The van der Waals surface area contributed by atoms with Crippen LogP contribution in [0.15, 0.2) is 18.2 Å². The minimum Gasteiger partial charge on any atom is -0.385 e. The summed E-state index contributed by atoms with van der Waals surface area (Å²) in [5.41, 5.74) is 0.583. The van der Waals surface area contributed by atoms with E-state index in [1.54, 1.807) is 19.2 Å². The van der Waals surface area contributed by atoms with E-state index in [-0.39, 0.29) is 11.9 Å². The molecule has 0 bridgehead atoms. The van der Waals surface area contributed by atoms with Gasteiger partial charge in [0.15, 0.2) is 0 Å². The molecule has 0 radical (unpaired) electrons. The third-order valence-electron chi connectivity index (χ3n) is 2.31. The van der Waals surface area contributed by atoms with Gasteiger partial charge in [0, 0.05) is 28.9 Å². The maximum absolute atomic E-state index is 11.9. The normalized spacial score (nSPS) is 12.2. The highest BCUT2D eigenvalue weighted by molar-refractivity contribution is 14.1. The monoisotopic (exact) mass is 367 g/mol. The maximum Gasteiger partial charge on any atom is 0.251 e. The molecule has 0 spiro atoms. The number of carbonyl (C=O) groups excluding carboxylic acids is 1. The highest BCUT2D eigenvalue weighted by Gasteiger charge is 2.10. The minimum atomic E-state index is -0.105. The number of carbonyl (C=O) groups is 1. The van der Waals surface area contributed by atoms with E-state index in [4.69, 9.17) is 16.3 Å². The van der Waals surface area contributed by atoms with Crippen LogP contribution in [0.4, 0.5) is 0 Å². The van der Waals surface area contributed by atoms with E-state index in [1.165, 1.54) is 0 Å². The lowest BCUT2D eigenvalue weighted by Crippen LogP contribution is -2.33. The fourth-order valence-corrected chi connectivity index (χ4v) is 1.83. The Labute approximate surface area is 120 Å². The van der Waals surface area contributed by atoms with Crippen molar-refractivity contribution in [2.45, 2.75) is 19.4 Å². The Balaban J connectivity index is 2.60. The highest BCUT2D eigenvalue weighted by atomic mass is 127. The Hall–Kier alpha value is -0.330. The van der Waals surface area contributed by atoms with Crippen LogP contribution in [-0.4, -0.2) is 25.7 Å². The molecule has 94 valence electrons. The summed E-state index contributed by atoms with van der Waals surface area (Å²) in [6, 6.07) is 5.37. The molecule has 0 heterocycles. The number of benzene rings is 1. The van der Waals surface area contributed by atoms with E-state index in [0.29, 0.717) is 17.2 Å². The number of amides is 1. The average Bonchev–Trinajstić information content (AvgIpc) is 2.30. The van der Waals surface area contributed by atoms with Crippen LogP contribution >= 0.6 is 34.2 Å². The van der Waals surface area contributed by atoms with Crippen LogP contribution in [-0.2, 0) is 4.74 Å². The zero-order chi connectivity index (χ0) is 12.8. The molecule has 0 fully saturated rings. The van der Waals surface area contributed by atoms with Crippen LogP contribution in [0.1, 0.15) is 23.7 Å². The Morgan fingerprint density at radius 3 is 2.88 bits per heavy atom. The number of methoxy groups -OCH3 is 1. The first-order chi connectivity index (χ1) is 8.04. The molecule has 1 amide bonds. The number of halogens is 2. The third-order valence-corrected chi connectivity index (χ3v) is 3.89. The van der Waals surface area contributed by atoms with E-state index < -0.39 is 0 Å². The molecule has 1 rings (SSSR count).